The second-order valence-corrected chi connectivity index (χ2v) is 6.06. The first kappa shape index (κ1) is 18.6. The van der Waals surface area contributed by atoms with Crippen molar-refractivity contribution in [2.24, 2.45) is 5.92 Å². The molecule has 0 unspecified atom stereocenters. The van der Waals surface area contributed by atoms with Gasteiger partial charge in [0.2, 0.25) is 0 Å². The first-order valence-corrected chi connectivity index (χ1v) is 8.26. The first-order valence-electron chi connectivity index (χ1n) is 8.26. The molecule has 0 aliphatic heterocycles. The molecule has 6 heteroatoms. The van der Waals surface area contributed by atoms with E-state index in [1.807, 2.05) is 0 Å². The topological polar surface area (TPSA) is 72.5 Å². The van der Waals surface area contributed by atoms with Crippen LogP contribution in [0.4, 0.5) is 11.5 Å². The average molecular weight is 343 g/mol. The fraction of sp³-hybridized carbons (Fsp3) is 0.368. The maximum Gasteiger partial charge on any atom is 0.255 e. The molecule has 134 valence electrons. The lowest BCUT2D eigenvalue weighted by molar-refractivity contribution is 0.102. The van der Waals surface area contributed by atoms with Gasteiger partial charge in [-0.2, -0.15) is 0 Å². The molecule has 0 fully saturated rings. The van der Waals surface area contributed by atoms with Crippen LogP contribution in [-0.2, 0) is 0 Å². The molecule has 1 aromatic carbocycles. The molecule has 25 heavy (non-hydrogen) atoms. The van der Waals surface area contributed by atoms with E-state index in [1.54, 1.807) is 50.7 Å². The van der Waals surface area contributed by atoms with Gasteiger partial charge >= 0.3 is 0 Å². The summed E-state index contributed by atoms with van der Waals surface area (Å²) in [4.78, 5) is 16.8. The van der Waals surface area contributed by atoms with Gasteiger partial charge in [-0.25, -0.2) is 4.98 Å². The van der Waals surface area contributed by atoms with Gasteiger partial charge in [-0.1, -0.05) is 13.8 Å². The van der Waals surface area contributed by atoms with Gasteiger partial charge in [0.1, 0.15) is 17.3 Å². The van der Waals surface area contributed by atoms with E-state index >= 15 is 0 Å². The van der Waals surface area contributed by atoms with Crippen molar-refractivity contribution in [2.75, 3.05) is 31.4 Å². The Morgan fingerprint density at radius 1 is 1.16 bits per heavy atom. The van der Waals surface area contributed by atoms with Crippen molar-refractivity contribution in [1.29, 1.82) is 0 Å². The van der Waals surface area contributed by atoms with Crippen molar-refractivity contribution in [3.63, 3.8) is 0 Å². The zero-order chi connectivity index (χ0) is 18.2. The van der Waals surface area contributed by atoms with Crippen LogP contribution in [0.15, 0.2) is 36.5 Å². The molecule has 0 aliphatic rings. The number of pyridine rings is 1. The van der Waals surface area contributed by atoms with E-state index in [2.05, 4.69) is 29.5 Å². The minimum absolute atomic E-state index is 0.224. The molecule has 0 saturated carbocycles. The minimum atomic E-state index is -0.224. The second kappa shape index (κ2) is 8.92. The highest BCUT2D eigenvalue weighted by atomic mass is 16.5. The summed E-state index contributed by atoms with van der Waals surface area (Å²) in [5.74, 6) is 2.28. The van der Waals surface area contributed by atoms with Crippen LogP contribution in [0.25, 0.3) is 0 Å². The van der Waals surface area contributed by atoms with Crippen molar-refractivity contribution in [1.82, 2.24) is 4.98 Å². The quantitative estimate of drug-likeness (QED) is 0.762. The van der Waals surface area contributed by atoms with Crippen molar-refractivity contribution in [3.8, 4) is 11.5 Å². The van der Waals surface area contributed by atoms with Gasteiger partial charge in [0.15, 0.2) is 0 Å². The van der Waals surface area contributed by atoms with E-state index in [0.717, 1.165) is 13.0 Å². The number of methoxy groups -OCH3 is 2. The highest BCUT2D eigenvalue weighted by Gasteiger charge is 2.11. The summed E-state index contributed by atoms with van der Waals surface area (Å²) in [6.07, 6.45) is 2.67. The highest BCUT2D eigenvalue weighted by Crippen LogP contribution is 2.29. The van der Waals surface area contributed by atoms with Crippen LogP contribution >= 0.6 is 0 Å². The summed E-state index contributed by atoms with van der Waals surface area (Å²) < 4.78 is 10.5. The third kappa shape index (κ3) is 5.38. The predicted molar refractivity (Wildman–Crippen MR) is 99.7 cm³/mol. The molecule has 0 radical (unpaired) electrons. The average Bonchev–Trinajstić information content (AvgIpc) is 2.62. The molecule has 1 heterocycles. The van der Waals surface area contributed by atoms with Crippen LogP contribution in [0, 0.1) is 5.92 Å². The number of nitrogens with zero attached hydrogens (tertiary/aromatic N) is 1. The minimum Gasteiger partial charge on any atom is -0.497 e. The monoisotopic (exact) mass is 343 g/mol. The number of rotatable bonds is 8. The van der Waals surface area contributed by atoms with Crippen molar-refractivity contribution >= 4 is 17.4 Å². The molecule has 6 nitrogen and oxygen atoms in total. The number of aromatic nitrogens is 1. The van der Waals surface area contributed by atoms with Crippen LogP contribution < -0.4 is 20.1 Å². The Labute approximate surface area is 148 Å². The molecule has 1 amide bonds. The summed E-state index contributed by atoms with van der Waals surface area (Å²) in [6, 6.07) is 8.66. The molecule has 0 bridgehead atoms. The molecular weight excluding hydrogens is 318 g/mol. The van der Waals surface area contributed by atoms with Crippen LogP contribution in [-0.4, -0.2) is 31.7 Å². The van der Waals surface area contributed by atoms with Gasteiger partial charge in [-0.15, -0.1) is 0 Å². The molecule has 0 saturated heterocycles. The lowest BCUT2D eigenvalue weighted by Crippen LogP contribution is -2.14. The molecular formula is C19H25N3O3. The number of benzene rings is 1. The standard InChI is InChI=1S/C19H25N3O3/c1-13(2)7-9-20-18-11-14(8-10-21-18)19(23)22-16-6-5-15(24-3)12-17(16)25-4/h5-6,8,10-13H,7,9H2,1-4H3,(H,20,21)(H,22,23). The van der Waals surface area contributed by atoms with Gasteiger partial charge in [-0.05, 0) is 36.6 Å². The predicted octanol–water partition coefficient (Wildman–Crippen LogP) is 3.81. The lowest BCUT2D eigenvalue weighted by atomic mass is 10.1. The molecule has 2 N–H and O–H groups in total. The Bertz CT molecular complexity index is 717. The van der Waals surface area contributed by atoms with E-state index in [9.17, 15) is 4.79 Å². The van der Waals surface area contributed by atoms with Crippen LogP contribution in [0.3, 0.4) is 0 Å². The number of hydrogen-bond acceptors (Lipinski definition) is 5. The van der Waals surface area contributed by atoms with Crippen LogP contribution in [0.1, 0.15) is 30.6 Å². The van der Waals surface area contributed by atoms with Crippen LogP contribution in [0.2, 0.25) is 0 Å². The van der Waals surface area contributed by atoms with Crippen molar-refractivity contribution < 1.29 is 14.3 Å². The van der Waals surface area contributed by atoms with Gasteiger partial charge in [0, 0.05) is 24.4 Å². The van der Waals surface area contributed by atoms with Gasteiger partial charge in [0.05, 0.1) is 19.9 Å². The molecule has 1 aromatic heterocycles. The zero-order valence-corrected chi connectivity index (χ0v) is 15.1. The maximum atomic E-state index is 12.5. The molecule has 0 atom stereocenters. The summed E-state index contributed by atoms with van der Waals surface area (Å²) >= 11 is 0. The molecule has 2 aromatic rings. The van der Waals surface area contributed by atoms with E-state index in [-0.39, 0.29) is 5.91 Å². The zero-order valence-electron chi connectivity index (χ0n) is 15.1. The SMILES string of the molecule is COc1ccc(NC(=O)c2ccnc(NCCC(C)C)c2)c(OC)c1. The van der Waals surface area contributed by atoms with E-state index in [4.69, 9.17) is 9.47 Å². The summed E-state index contributed by atoms with van der Waals surface area (Å²) in [7, 11) is 3.13. The van der Waals surface area contributed by atoms with Gasteiger partial charge in [0.25, 0.3) is 5.91 Å². The molecule has 0 spiro atoms. The number of anilines is 2. The normalized spacial score (nSPS) is 10.4. The number of ether oxygens (including phenoxy) is 2. The maximum absolute atomic E-state index is 12.5. The summed E-state index contributed by atoms with van der Waals surface area (Å²) in [5.41, 5.74) is 1.11. The Hall–Kier alpha value is -2.76. The largest absolute Gasteiger partial charge is 0.497 e. The first-order chi connectivity index (χ1) is 12.0. The van der Waals surface area contributed by atoms with Crippen molar-refractivity contribution in [2.45, 2.75) is 20.3 Å². The van der Waals surface area contributed by atoms with Gasteiger partial charge in [-0.3, -0.25) is 4.79 Å². The Morgan fingerprint density at radius 2 is 1.96 bits per heavy atom. The molecule has 0 aliphatic carbocycles. The summed E-state index contributed by atoms with van der Waals surface area (Å²) in [5, 5.41) is 6.10. The Morgan fingerprint density at radius 3 is 2.64 bits per heavy atom. The summed E-state index contributed by atoms with van der Waals surface area (Å²) in [6.45, 7) is 5.16. The Kier molecular flexibility index (Phi) is 6.62. The smallest absolute Gasteiger partial charge is 0.255 e. The highest BCUT2D eigenvalue weighted by molar-refractivity contribution is 6.05. The number of carbonyl (C=O) groups excluding carboxylic acids is 1. The van der Waals surface area contributed by atoms with Gasteiger partial charge < -0.3 is 20.1 Å². The fourth-order valence-corrected chi connectivity index (χ4v) is 2.25. The third-order valence-electron chi connectivity index (χ3n) is 3.71. The van der Waals surface area contributed by atoms with E-state index < -0.39 is 0 Å². The van der Waals surface area contributed by atoms with E-state index in [0.29, 0.717) is 34.5 Å². The number of nitrogens with one attached hydrogen (secondary N) is 2. The fourth-order valence-electron chi connectivity index (χ4n) is 2.25. The Balaban J connectivity index is 2.08. The number of amides is 1. The van der Waals surface area contributed by atoms with Crippen molar-refractivity contribution in [3.05, 3.63) is 42.1 Å². The van der Waals surface area contributed by atoms with E-state index in [1.165, 1.54) is 0 Å². The number of hydrogen-bond donors (Lipinski definition) is 2. The second-order valence-electron chi connectivity index (χ2n) is 6.06. The molecule has 2 rings (SSSR count). The third-order valence-corrected chi connectivity index (χ3v) is 3.71. The number of carbonyl (C=O) groups is 1. The van der Waals surface area contributed by atoms with Crippen LogP contribution in [0.5, 0.6) is 11.5 Å². The lowest BCUT2D eigenvalue weighted by Gasteiger charge is -2.12.